The summed E-state index contributed by atoms with van der Waals surface area (Å²) in [6.45, 7) is 1.91. The summed E-state index contributed by atoms with van der Waals surface area (Å²) in [5.74, 6) is -1.43. The fourth-order valence-corrected chi connectivity index (χ4v) is 3.77. The van der Waals surface area contributed by atoms with Crippen molar-refractivity contribution in [3.05, 3.63) is 59.2 Å². The predicted molar refractivity (Wildman–Crippen MR) is 110 cm³/mol. The number of nitrogens with one attached hydrogen (secondary N) is 1. The van der Waals surface area contributed by atoms with Gasteiger partial charge in [-0.15, -0.1) is 0 Å². The van der Waals surface area contributed by atoms with Crippen molar-refractivity contribution in [1.29, 1.82) is 0 Å². The van der Waals surface area contributed by atoms with Crippen molar-refractivity contribution in [2.75, 3.05) is 25.5 Å². The Bertz CT molecular complexity index is 1180. The van der Waals surface area contributed by atoms with Crippen molar-refractivity contribution >= 4 is 23.0 Å². The van der Waals surface area contributed by atoms with Crippen LogP contribution in [0.4, 0.5) is 18.9 Å². The highest BCUT2D eigenvalue weighted by atomic mass is 19.4. The Morgan fingerprint density at radius 3 is 2.56 bits per heavy atom. The number of halogens is 3. The number of alkyl halides is 3. The number of likely N-dealkylation sites (tertiary alicyclic amines) is 1. The summed E-state index contributed by atoms with van der Waals surface area (Å²) in [6, 6.07) is 6.42. The Balaban J connectivity index is 1.65. The van der Waals surface area contributed by atoms with Crippen molar-refractivity contribution in [3.8, 4) is 0 Å². The van der Waals surface area contributed by atoms with E-state index in [0.717, 1.165) is 49.8 Å². The lowest BCUT2D eigenvalue weighted by Gasteiger charge is -2.27. The summed E-state index contributed by atoms with van der Waals surface area (Å²) >= 11 is 0. The van der Waals surface area contributed by atoms with Gasteiger partial charge in [0.1, 0.15) is 11.4 Å². The first kappa shape index (κ1) is 21.8. The number of rotatable bonds is 4. The third kappa shape index (κ3) is 4.42. The van der Waals surface area contributed by atoms with Crippen LogP contribution < -0.4 is 11.1 Å². The summed E-state index contributed by atoms with van der Waals surface area (Å²) in [7, 11) is 2.06. The quantitative estimate of drug-likeness (QED) is 0.641. The van der Waals surface area contributed by atoms with E-state index >= 15 is 0 Å². The van der Waals surface area contributed by atoms with Crippen LogP contribution in [0, 0.1) is 0 Å². The zero-order valence-corrected chi connectivity index (χ0v) is 17.2. The van der Waals surface area contributed by atoms with Crippen LogP contribution in [0.3, 0.4) is 0 Å². The molecule has 4 rings (SSSR count). The number of piperidine rings is 1. The summed E-state index contributed by atoms with van der Waals surface area (Å²) in [5, 5.41) is 7.02. The van der Waals surface area contributed by atoms with Crippen molar-refractivity contribution in [2.24, 2.45) is 5.73 Å². The van der Waals surface area contributed by atoms with E-state index in [1.54, 1.807) is 0 Å². The van der Waals surface area contributed by atoms with Gasteiger partial charge in [-0.05, 0) is 57.2 Å². The van der Waals surface area contributed by atoms with Gasteiger partial charge in [0.05, 0.1) is 22.5 Å². The number of aromatic nitrogens is 3. The van der Waals surface area contributed by atoms with Gasteiger partial charge in [-0.1, -0.05) is 6.07 Å². The zero-order valence-electron chi connectivity index (χ0n) is 17.2. The number of anilines is 1. The molecule has 0 bridgehead atoms. The average Bonchev–Trinajstić information content (AvgIpc) is 3.16. The molecule has 0 radical (unpaired) electrons. The van der Waals surface area contributed by atoms with Gasteiger partial charge in [0.15, 0.2) is 0 Å². The molecule has 3 aromatic heterocycles. The lowest BCUT2D eigenvalue weighted by atomic mass is 9.94. The third-order valence-electron chi connectivity index (χ3n) is 5.54. The number of nitrogens with zero attached hydrogens (tertiary/aromatic N) is 4. The molecule has 2 amide bonds. The molecule has 0 saturated carbocycles. The fraction of sp³-hybridized carbons (Fsp3) is 0.333. The highest BCUT2D eigenvalue weighted by Gasteiger charge is 2.33. The molecule has 11 heteroatoms. The summed E-state index contributed by atoms with van der Waals surface area (Å²) in [6.07, 6.45) is -1.37. The summed E-state index contributed by atoms with van der Waals surface area (Å²) in [5.41, 5.74) is 5.39. The number of primary amides is 1. The van der Waals surface area contributed by atoms with Crippen LogP contribution in [-0.4, -0.2) is 51.4 Å². The zero-order chi connectivity index (χ0) is 23.0. The molecule has 0 atom stereocenters. The van der Waals surface area contributed by atoms with Crippen LogP contribution in [-0.2, 0) is 6.18 Å². The number of amides is 2. The topological polar surface area (TPSA) is 106 Å². The summed E-state index contributed by atoms with van der Waals surface area (Å²) in [4.78, 5) is 30.2. The molecule has 0 unspecified atom stereocenters. The Kier molecular flexibility index (Phi) is 5.59. The monoisotopic (exact) mass is 446 g/mol. The molecular formula is C21H21F3N6O2. The fourth-order valence-electron chi connectivity index (χ4n) is 3.77. The lowest BCUT2D eigenvalue weighted by Crippen LogP contribution is -2.29. The third-order valence-corrected chi connectivity index (χ3v) is 5.54. The molecule has 0 aliphatic carbocycles. The second kappa shape index (κ2) is 8.23. The van der Waals surface area contributed by atoms with Crippen LogP contribution in [0.5, 0.6) is 0 Å². The Labute approximate surface area is 181 Å². The highest BCUT2D eigenvalue weighted by Crippen LogP contribution is 2.30. The minimum atomic E-state index is -4.69. The first-order chi connectivity index (χ1) is 15.1. The second-order valence-electron chi connectivity index (χ2n) is 7.84. The van der Waals surface area contributed by atoms with Crippen molar-refractivity contribution in [2.45, 2.75) is 24.9 Å². The smallest absolute Gasteiger partial charge is 0.365 e. The molecule has 4 heterocycles. The van der Waals surface area contributed by atoms with E-state index < -0.39 is 29.4 Å². The van der Waals surface area contributed by atoms with Gasteiger partial charge in [-0.3, -0.25) is 9.59 Å². The molecule has 1 aliphatic heterocycles. The van der Waals surface area contributed by atoms with Gasteiger partial charge in [0.2, 0.25) is 0 Å². The molecule has 1 fully saturated rings. The molecule has 8 nitrogen and oxygen atoms in total. The van der Waals surface area contributed by atoms with E-state index in [1.165, 1.54) is 16.8 Å². The van der Waals surface area contributed by atoms with Crippen LogP contribution in [0.1, 0.15) is 51.0 Å². The van der Waals surface area contributed by atoms with Gasteiger partial charge in [-0.2, -0.15) is 18.3 Å². The van der Waals surface area contributed by atoms with E-state index in [9.17, 15) is 22.8 Å². The van der Waals surface area contributed by atoms with Gasteiger partial charge < -0.3 is 16.0 Å². The Morgan fingerprint density at radius 2 is 1.91 bits per heavy atom. The normalized spacial score (nSPS) is 15.8. The molecule has 32 heavy (non-hydrogen) atoms. The van der Waals surface area contributed by atoms with Crippen molar-refractivity contribution < 1.29 is 22.8 Å². The molecular weight excluding hydrogens is 425 g/mol. The minimum absolute atomic E-state index is 0.0177. The molecule has 168 valence electrons. The van der Waals surface area contributed by atoms with Crippen LogP contribution in [0.2, 0.25) is 0 Å². The Hall–Kier alpha value is -3.47. The molecule has 3 aromatic rings. The molecule has 0 spiro atoms. The number of hydrogen-bond acceptors (Lipinski definition) is 5. The van der Waals surface area contributed by atoms with Crippen molar-refractivity contribution in [1.82, 2.24) is 19.5 Å². The number of pyridine rings is 2. The second-order valence-corrected chi connectivity index (χ2v) is 7.84. The van der Waals surface area contributed by atoms with E-state index in [1.807, 2.05) is 6.07 Å². The Morgan fingerprint density at radius 1 is 1.19 bits per heavy atom. The SMILES string of the molecule is CN1CCC(c2cc3cc(NC(=O)c4cccc(C(F)(F)F)n4)c(C(N)=O)cn3n2)CC1. The predicted octanol–water partition coefficient (Wildman–Crippen LogP) is 2.91. The van der Waals surface area contributed by atoms with Gasteiger partial charge in [-0.25, -0.2) is 9.50 Å². The number of carbonyl (C=O) groups is 2. The summed E-state index contributed by atoms with van der Waals surface area (Å²) < 4.78 is 40.3. The molecule has 0 aromatic carbocycles. The van der Waals surface area contributed by atoms with E-state index in [-0.39, 0.29) is 17.2 Å². The van der Waals surface area contributed by atoms with Gasteiger partial charge in [0.25, 0.3) is 11.8 Å². The maximum absolute atomic E-state index is 12.9. The maximum Gasteiger partial charge on any atom is 0.433 e. The van der Waals surface area contributed by atoms with Crippen molar-refractivity contribution in [3.63, 3.8) is 0 Å². The molecule has 3 N–H and O–H groups in total. The minimum Gasteiger partial charge on any atom is -0.365 e. The first-order valence-electron chi connectivity index (χ1n) is 9.99. The van der Waals surface area contributed by atoms with E-state index in [2.05, 4.69) is 27.3 Å². The van der Waals surface area contributed by atoms with Gasteiger partial charge in [0, 0.05) is 12.1 Å². The standard InChI is InChI=1S/C21H21F3N6O2/c1-29-7-5-12(6-8-29)16-9-13-10-17(14(19(25)31)11-30(13)28-16)27-20(32)15-3-2-4-18(26-15)21(22,23)24/h2-4,9-12H,5-8H2,1H3,(H2,25,31)(H,27,32). The highest BCUT2D eigenvalue weighted by molar-refractivity contribution is 6.08. The largest absolute Gasteiger partial charge is 0.433 e. The maximum atomic E-state index is 12.9. The number of carbonyl (C=O) groups excluding carboxylic acids is 2. The lowest BCUT2D eigenvalue weighted by molar-refractivity contribution is -0.141. The number of nitrogens with two attached hydrogens (primary N) is 1. The number of hydrogen-bond donors (Lipinski definition) is 2. The van der Waals surface area contributed by atoms with Crippen LogP contribution in [0.15, 0.2) is 36.5 Å². The number of fused-ring (bicyclic) bond motifs is 1. The average molecular weight is 446 g/mol. The first-order valence-corrected chi connectivity index (χ1v) is 9.99. The van der Waals surface area contributed by atoms with Gasteiger partial charge >= 0.3 is 6.18 Å². The van der Waals surface area contributed by atoms with Crippen LogP contribution >= 0.6 is 0 Å². The van der Waals surface area contributed by atoms with E-state index in [0.29, 0.717) is 5.52 Å². The molecule has 1 saturated heterocycles. The van der Waals surface area contributed by atoms with E-state index in [4.69, 9.17) is 5.73 Å². The molecule has 1 aliphatic rings. The van der Waals surface area contributed by atoms with Crippen LogP contribution in [0.25, 0.3) is 5.52 Å².